The van der Waals surface area contributed by atoms with Crippen molar-refractivity contribution in [2.45, 2.75) is 11.4 Å². The third-order valence-corrected chi connectivity index (χ3v) is 3.84. The van der Waals surface area contributed by atoms with Gasteiger partial charge < -0.3 is 15.8 Å². The van der Waals surface area contributed by atoms with E-state index >= 15 is 0 Å². The third kappa shape index (κ3) is 3.92. The maximum atomic E-state index is 12.1. The Hall–Kier alpha value is -2.14. The average Bonchev–Trinajstić information content (AvgIpc) is 2.52. The molecule has 2 rings (SSSR count). The molecule has 0 bridgehead atoms. The van der Waals surface area contributed by atoms with Gasteiger partial charge in [0.2, 0.25) is 0 Å². The van der Waals surface area contributed by atoms with Crippen molar-refractivity contribution in [1.29, 1.82) is 0 Å². The molecule has 21 heavy (non-hydrogen) atoms. The van der Waals surface area contributed by atoms with Gasteiger partial charge in [0.05, 0.1) is 7.11 Å². The molecule has 0 spiro atoms. The summed E-state index contributed by atoms with van der Waals surface area (Å²) in [5.41, 5.74) is 7.89. The molecule has 0 atom stereocenters. The summed E-state index contributed by atoms with van der Waals surface area (Å²) in [7, 11) is 1.60. The molecular weight excluding hydrogens is 284 g/mol. The standard InChI is InChI=1S/C16H18N2O2S/c1-20-15-8-5-13(17)9-12(15)10-18-16(19)11-3-6-14(21-2)7-4-11/h3-9H,10,17H2,1-2H3,(H,18,19). The maximum absolute atomic E-state index is 12.1. The summed E-state index contributed by atoms with van der Waals surface area (Å²) in [6, 6.07) is 12.9. The van der Waals surface area contributed by atoms with Crippen molar-refractivity contribution in [3.63, 3.8) is 0 Å². The van der Waals surface area contributed by atoms with E-state index in [0.717, 1.165) is 10.5 Å². The van der Waals surface area contributed by atoms with Crippen LogP contribution in [0.5, 0.6) is 5.75 Å². The Bertz CT molecular complexity index is 627. The topological polar surface area (TPSA) is 64.3 Å². The first-order chi connectivity index (χ1) is 10.1. The molecule has 3 N–H and O–H groups in total. The van der Waals surface area contributed by atoms with Gasteiger partial charge >= 0.3 is 0 Å². The molecule has 110 valence electrons. The second-order valence-electron chi connectivity index (χ2n) is 4.48. The quantitative estimate of drug-likeness (QED) is 0.658. The van der Waals surface area contributed by atoms with E-state index in [1.807, 2.05) is 30.5 Å². The monoisotopic (exact) mass is 302 g/mol. The van der Waals surface area contributed by atoms with Gasteiger partial charge in [-0.05, 0) is 48.7 Å². The van der Waals surface area contributed by atoms with Gasteiger partial charge in [-0.15, -0.1) is 11.8 Å². The number of rotatable bonds is 5. The predicted octanol–water partition coefficient (Wildman–Crippen LogP) is 2.93. The minimum atomic E-state index is -0.118. The lowest BCUT2D eigenvalue weighted by Crippen LogP contribution is -2.23. The fourth-order valence-electron chi connectivity index (χ4n) is 1.96. The van der Waals surface area contributed by atoms with E-state index in [1.165, 1.54) is 0 Å². The summed E-state index contributed by atoms with van der Waals surface area (Å²) in [5, 5.41) is 2.87. The molecule has 2 aromatic carbocycles. The van der Waals surface area contributed by atoms with Gasteiger partial charge in [-0.2, -0.15) is 0 Å². The molecule has 4 nitrogen and oxygen atoms in total. The molecule has 2 aromatic rings. The molecule has 0 radical (unpaired) electrons. The van der Waals surface area contributed by atoms with Crippen LogP contribution in [0, 0.1) is 0 Å². The number of nitrogen functional groups attached to an aromatic ring is 1. The maximum Gasteiger partial charge on any atom is 0.251 e. The molecule has 0 aromatic heterocycles. The average molecular weight is 302 g/mol. The molecular formula is C16H18N2O2S. The number of methoxy groups -OCH3 is 1. The van der Waals surface area contributed by atoms with Crippen molar-refractivity contribution in [2.24, 2.45) is 0 Å². The SMILES string of the molecule is COc1ccc(N)cc1CNC(=O)c1ccc(SC)cc1. The Morgan fingerprint density at radius 3 is 2.57 bits per heavy atom. The molecule has 0 saturated heterocycles. The summed E-state index contributed by atoms with van der Waals surface area (Å²) in [6.45, 7) is 0.372. The van der Waals surface area contributed by atoms with Crippen LogP contribution in [-0.4, -0.2) is 19.3 Å². The van der Waals surface area contributed by atoms with Gasteiger partial charge in [-0.1, -0.05) is 0 Å². The largest absolute Gasteiger partial charge is 0.496 e. The van der Waals surface area contributed by atoms with Gasteiger partial charge in [0.15, 0.2) is 0 Å². The van der Waals surface area contributed by atoms with E-state index in [2.05, 4.69) is 5.32 Å². The first kappa shape index (κ1) is 15.3. The first-order valence-corrected chi connectivity index (χ1v) is 7.71. The van der Waals surface area contributed by atoms with E-state index in [4.69, 9.17) is 10.5 Å². The zero-order valence-electron chi connectivity index (χ0n) is 12.1. The van der Waals surface area contributed by atoms with Crippen LogP contribution in [0.1, 0.15) is 15.9 Å². The summed E-state index contributed by atoms with van der Waals surface area (Å²) < 4.78 is 5.26. The van der Waals surface area contributed by atoms with Crippen molar-refractivity contribution in [2.75, 3.05) is 19.1 Å². The zero-order valence-corrected chi connectivity index (χ0v) is 12.9. The third-order valence-electron chi connectivity index (χ3n) is 3.10. The number of nitrogens with one attached hydrogen (secondary N) is 1. The van der Waals surface area contributed by atoms with Crippen molar-refractivity contribution in [3.05, 3.63) is 53.6 Å². The van der Waals surface area contributed by atoms with E-state index in [1.54, 1.807) is 37.1 Å². The predicted molar refractivity (Wildman–Crippen MR) is 86.8 cm³/mol. The minimum absolute atomic E-state index is 0.118. The number of nitrogens with two attached hydrogens (primary N) is 1. The molecule has 0 aliphatic heterocycles. The highest BCUT2D eigenvalue weighted by atomic mass is 32.2. The zero-order chi connectivity index (χ0) is 15.2. The van der Waals surface area contributed by atoms with E-state index in [0.29, 0.717) is 23.5 Å². The van der Waals surface area contributed by atoms with Crippen molar-refractivity contribution >= 4 is 23.4 Å². The van der Waals surface area contributed by atoms with Crippen molar-refractivity contribution < 1.29 is 9.53 Å². The number of anilines is 1. The minimum Gasteiger partial charge on any atom is -0.496 e. The van der Waals surface area contributed by atoms with Crippen LogP contribution < -0.4 is 15.8 Å². The van der Waals surface area contributed by atoms with Gasteiger partial charge in [-0.3, -0.25) is 4.79 Å². The van der Waals surface area contributed by atoms with Crippen LogP contribution in [0.2, 0.25) is 0 Å². The Labute approximate surface area is 128 Å². The lowest BCUT2D eigenvalue weighted by atomic mass is 10.1. The lowest BCUT2D eigenvalue weighted by molar-refractivity contribution is 0.0950. The molecule has 0 aliphatic rings. The number of carbonyl (C=O) groups is 1. The van der Waals surface area contributed by atoms with E-state index in [9.17, 15) is 4.79 Å². The number of benzene rings is 2. The normalized spacial score (nSPS) is 10.2. The van der Waals surface area contributed by atoms with Crippen LogP contribution in [0.3, 0.4) is 0 Å². The summed E-state index contributed by atoms with van der Waals surface area (Å²) in [4.78, 5) is 13.2. The molecule has 0 saturated carbocycles. The Kier molecular flexibility index (Phi) is 5.11. The van der Waals surface area contributed by atoms with Crippen LogP contribution in [-0.2, 0) is 6.54 Å². The van der Waals surface area contributed by atoms with Crippen molar-refractivity contribution in [1.82, 2.24) is 5.32 Å². The van der Waals surface area contributed by atoms with Gasteiger partial charge in [-0.25, -0.2) is 0 Å². The highest BCUT2D eigenvalue weighted by molar-refractivity contribution is 7.98. The molecule has 0 unspecified atom stereocenters. The van der Waals surface area contributed by atoms with Gasteiger partial charge in [0.25, 0.3) is 5.91 Å². The van der Waals surface area contributed by atoms with E-state index < -0.39 is 0 Å². The number of hydrogen-bond donors (Lipinski definition) is 2. The molecule has 0 aliphatic carbocycles. The van der Waals surface area contributed by atoms with Gasteiger partial charge in [0, 0.05) is 28.3 Å². The Morgan fingerprint density at radius 2 is 1.95 bits per heavy atom. The lowest BCUT2D eigenvalue weighted by Gasteiger charge is -2.11. The number of hydrogen-bond acceptors (Lipinski definition) is 4. The molecule has 5 heteroatoms. The Morgan fingerprint density at radius 1 is 1.24 bits per heavy atom. The highest BCUT2D eigenvalue weighted by Gasteiger charge is 2.08. The second-order valence-corrected chi connectivity index (χ2v) is 5.36. The number of thioether (sulfide) groups is 1. The number of amides is 1. The van der Waals surface area contributed by atoms with Crippen LogP contribution in [0.15, 0.2) is 47.4 Å². The molecule has 0 heterocycles. The summed E-state index contributed by atoms with van der Waals surface area (Å²) >= 11 is 1.64. The molecule has 0 fully saturated rings. The molecule has 1 amide bonds. The highest BCUT2D eigenvalue weighted by Crippen LogP contribution is 2.21. The van der Waals surface area contributed by atoms with Crippen LogP contribution in [0.4, 0.5) is 5.69 Å². The van der Waals surface area contributed by atoms with Gasteiger partial charge in [0.1, 0.15) is 5.75 Å². The Balaban J connectivity index is 2.05. The smallest absolute Gasteiger partial charge is 0.251 e. The van der Waals surface area contributed by atoms with Crippen molar-refractivity contribution in [3.8, 4) is 5.75 Å². The first-order valence-electron chi connectivity index (χ1n) is 6.48. The van der Waals surface area contributed by atoms with Crippen LogP contribution in [0.25, 0.3) is 0 Å². The summed E-state index contributed by atoms with van der Waals surface area (Å²) in [6.07, 6.45) is 2.00. The van der Waals surface area contributed by atoms with E-state index in [-0.39, 0.29) is 5.91 Å². The fraction of sp³-hybridized carbons (Fsp3) is 0.188. The fourth-order valence-corrected chi connectivity index (χ4v) is 2.36. The number of carbonyl (C=O) groups excluding carboxylic acids is 1. The van der Waals surface area contributed by atoms with Crippen LogP contribution >= 0.6 is 11.8 Å². The second kappa shape index (κ2) is 7.04. The number of ether oxygens (including phenoxy) is 1. The summed E-state index contributed by atoms with van der Waals surface area (Å²) in [5.74, 6) is 0.592.